The average Bonchev–Trinajstić information content (AvgIpc) is 2.47. The molecule has 3 heteroatoms. The van der Waals surface area contributed by atoms with E-state index in [1.807, 2.05) is 6.92 Å². The van der Waals surface area contributed by atoms with Gasteiger partial charge in [0.25, 0.3) is 0 Å². The summed E-state index contributed by atoms with van der Waals surface area (Å²) in [6.07, 6.45) is 1.70. The normalized spacial score (nSPS) is 36.7. The number of nitrogens with one attached hydrogen (secondary N) is 1. The number of esters is 1. The van der Waals surface area contributed by atoms with E-state index in [2.05, 4.69) is 19.2 Å². The van der Waals surface area contributed by atoms with Crippen molar-refractivity contribution in [3.05, 3.63) is 11.6 Å². The van der Waals surface area contributed by atoms with Crippen LogP contribution in [0, 0.1) is 11.8 Å². The van der Waals surface area contributed by atoms with Crippen LogP contribution in [0.4, 0.5) is 0 Å². The Morgan fingerprint density at radius 3 is 2.93 bits per heavy atom. The predicted octanol–water partition coefficient (Wildman–Crippen LogP) is 1.10. The third kappa shape index (κ3) is 1.46. The van der Waals surface area contributed by atoms with Crippen LogP contribution in [0.3, 0.4) is 0 Å². The highest BCUT2D eigenvalue weighted by Crippen LogP contribution is 2.32. The second kappa shape index (κ2) is 3.39. The topological polar surface area (TPSA) is 38.3 Å². The molecule has 0 aromatic heterocycles. The molecule has 2 aliphatic rings. The smallest absolute Gasteiger partial charge is 0.331 e. The van der Waals surface area contributed by atoms with Gasteiger partial charge in [-0.15, -0.1) is 0 Å². The zero-order valence-corrected chi connectivity index (χ0v) is 8.91. The fraction of sp³-hybridized carbons (Fsp3) is 0.727. The molecule has 0 radical (unpaired) electrons. The zero-order valence-electron chi connectivity index (χ0n) is 8.91. The Bertz CT molecular complexity index is 283. The first-order valence-electron chi connectivity index (χ1n) is 5.25. The fourth-order valence-corrected chi connectivity index (χ4v) is 2.41. The van der Waals surface area contributed by atoms with E-state index < -0.39 is 0 Å². The highest BCUT2D eigenvalue weighted by atomic mass is 16.5. The van der Waals surface area contributed by atoms with E-state index in [9.17, 15) is 4.79 Å². The Balaban J connectivity index is 2.27. The van der Waals surface area contributed by atoms with Crippen LogP contribution in [0.25, 0.3) is 0 Å². The van der Waals surface area contributed by atoms with Gasteiger partial charge in [-0.1, -0.05) is 13.8 Å². The van der Waals surface area contributed by atoms with E-state index in [-0.39, 0.29) is 12.1 Å². The molecule has 0 aliphatic carbocycles. The number of hydrogen-bond donors (Lipinski definition) is 1. The number of carbonyl (C=O) groups excluding carboxylic acids is 1. The lowest BCUT2D eigenvalue weighted by Gasteiger charge is -2.27. The Hall–Kier alpha value is -0.830. The summed E-state index contributed by atoms with van der Waals surface area (Å²) in [6.45, 7) is 7.25. The molecule has 0 spiro atoms. The lowest BCUT2D eigenvalue weighted by molar-refractivity contribution is -0.145. The lowest BCUT2D eigenvalue weighted by Crippen LogP contribution is -2.31. The van der Waals surface area contributed by atoms with Crippen LogP contribution in [0.2, 0.25) is 0 Å². The molecule has 1 saturated heterocycles. The Morgan fingerprint density at radius 1 is 1.57 bits per heavy atom. The molecule has 0 bridgehead atoms. The summed E-state index contributed by atoms with van der Waals surface area (Å²) in [5.41, 5.74) is 1.24. The van der Waals surface area contributed by atoms with Crippen molar-refractivity contribution < 1.29 is 9.53 Å². The van der Waals surface area contributed by atoms with Gasteiger partial charge >= 0.3 is 5.97 Å². The average molecular weight is 195 g/mol. The van der Waals surface area contributed by atoms with Crippen LogP contribution in [0.15, 0.2) is 11.6 Å². The molecule has 3 atom stereocenters. The molecule has 2 heterocycles. The van der Waals surface area contributed by atoms with Crippen LogP contribution >= 0.6 is 0 Å². The molecule has 3 unspecified atom stereocenters. The molecule has 3 nitrogen and oxygen atoms in total. The molecular weight excluding hydrogens is 178 g/mol. The van der Waals surface area contributed by atoms with Crippen LogP contribution in [0.5, 0.6) is 0 Å². The maximum absolute atomic E-state index is 11.3. The largest absolute Gasteiger partial charge is 0.459 e. The lowest BCUT2D eigenvalue weighted by atomic mass is 9.87. The number of carbonyl (C=O) groups is 1. The second-order valence-corrected chi connectivity index (χ2v) is 4.52. The van der Waals surface area contributed by atoms with Gasteiger partial charge in [-0.3, -0.25) is 0 Å². The molecule has 2 aliphatic heterocycles. The predicted molar refractivity (Wildman–Crippen MR) is 53.8 cm³/mol. The van der Waals surface area contributed by atoms with E-state index in [4.69, 9.17) is 4.74 Å². The molecule has 1 N–H and O–H groups in total. The highest BCUT2D eigenvalue weighted by molar-refractivity contribution is 5.84. The van der Waals surface area contributed by atoms with Gasteiger partial charge < -0.3 is 10.1 Å². The van der Waals surface area contributed by atoms with Crippen molar-refractivity contribution in [1.29, 1.82) is 0 Å². The van der Waals surface area contributed by atoms with E-state index in [0.717, 1.165) is 6.54 Å². The molecular formula is C11H17NO2. The molecule has 2 rings (SSSR count). The van der Waals surface area contributed by atoms with Gasteiger partial charge in [0, 0.05) is 24.6 Å². The molecule has 0 aromatic carbocycles. The molecule has 1 fully saturated rings. The van der Waals surface area contributed by atoms with Crippen molar-refractivity contribution in [2.75, 3.05) is 6.54 Å². The van der Waals surface area contributed by atoms with Crippen LogP contribution in [0.1, 0.15) is 20.8 Å². The first-order valence-corrected chi connectivity index (χ1v) is 5.25. The summed E-state index contributed by atoms with van der Waals surface area (Å²) in [7, 11) is 0. The number of fused-ring (bicyclic) bond motifs is 1. The minimum atomic E-state index is -0.182. The Morgan fingerprint density at radius 2 is 2.29 bits per heavy atom. The van der Waals surface area contributed by atoms with Crippen molar-refractivity contribution >= 4 is 5.97 Å². The summed E-state index contributed by atoms with van der Waals surface area (Å²) in [4.78, 5) is 11.3. The summed E-state index contributed by atoms with van der Waals surface area (Å²) in [5.74, 6) is 0.738. The Labute approximate surface area is 84.5 Å². The van der Waals surface area contributed by atoms with Gasteiger partial charge in [0.1, 0.15) is 6.10 Å². The first kappa shape index (κ1) is 9.71. The first-order chi connectivity index (χ1) is 6.59. The number of ether oxygens (including phenoxy) is 1. The van der Waals surface area contributed by atoms with E-state index in [1.165, 1.54) is 5.57 Å². The quantitative estimate of drug-likeness (QED) is 0.637. The molecule has 0 amide bonds. The van der Waals surface area contributed by atoms with Crippen LogP contribution < -0.4 is 5.32 Å². The van der Waals surface area contributed by atoms with Crippen molar-refractivity contribution in [2.45, 2.75) is 32.9 Å². The molecule has 0 aromatic rings. The molecule has 14 heavy (non-hydrogen) atoms. The highest BCUT2D eigenvalue weighted by Gasteiger charge is 2.39. The van der Waals surface area contributed by atoms with Crippen molar-refractivity contribution in [1.82, 2.24) is 5.32 Å². The zero-order chi connectivity index (χ0) is 10.3. The number of rotatable bonds is 1. The standard InChI is InChI=1S/C11H17NO2/c1-6(2)11-8-4-10(13)14-7(3)9(8)5-12-11/h4,6-7,9,11-12H,5H2,1-3H3. The minimum absolute atomic E-state index is 0.0266. The summed E-state index contributed by atoms with van der Waals surface area (Å²) >= 11 is 0. The summed E-state index contributed by atoms with van der Waals surface area (Å²) < 4.78 is 5.17. The van der Waals surface area contributed by atoms with Gasteiger partial charge in [0.2, 0.25) is 0 Å². The van der Waals surface area contributed by atoms with Gasteiger partial charge in [0.05, 0.1) is 0 Å². The van der Waals surface area contributed by atoms with Crippen molar-refractivity contribution in [3.63, 3.8) is 0 Å². The third-order valence-electron chi connectivity index (χ3n) is 3.16. The van der Waals surface area contributed by atoms with E-state index in [1.54, 1.807) is 6.08 Å². The number of cyclic esters (lactones) is 1. The molecule has 0 saturated carbocycles. The van der Waals surface area contributed by atoms with Crippen LogP contribution in [-0.4, -0.2) is 24.7 Å². The third-order valence-corrected chi connectivity index (χ3v) is 3.16. The van der Waals surface area contributed by atoms with Crippen molar-refractivity contribution in [2.24, 2.45) is 11.8 Å². The van der Waals surface area contributed by atoms with E-state index >= 15 is 0 Å². The van der Waals surface area contributed by atoms with Crippen LogP contribution in [-0.2, 0) is 9.53 Å². The number of hydrogen-bond acceptors (Lipinski definition) is 3. The van der Waals surface area contributed by atoms with E-state index in [0.29, 0.717) is 17.9 Å². The fourth-order valence-electron chi connectivity index (χ4n) is 2.41. The Kier molecular flexibility index (Phi) is 2.35. The van der Waals surface area contributed by atoms with Gasteiger partial charge in [-0.25, -0.2) is 4.79 Å². The summed E-state index contributed by atoms with van der Waals surface area (Å²) in [5, 5.41) is 3.45. The van der Waals surface area contributed by atoms with Gasteiger partial charge in [-0.05, 0) is 18.4 Å². The second-order valence-electron chi connectivity index (χ2n) is 4.52. The van der Waals surface area contributed by atoms with Crippen molar-refractivity contribution in [3.8, 4) is 0 Å². The maximum atomic E-state index is 11.3. The SMILES string of the molecule is CC(C)C1NCC2C1=CC(=O)OC2C. The maximum Gasteiger partial charge on any atom is 0.331 e. The monoisotopic (exact) mass is 195 g/mol. The van der Waals surface area contributed by atoms with Gasteiger partial charge in [-0.2, -0.15) is 0 Å². The van der Waals surface area contributed by atoms with Gasteiger partial charge in [0.15, 0.2) is 0 Å². The minimum Gasteiger partial charge on any atom is -0.459 e. The molecule has 78 valence electrons. The summed E-state index contributed by atoms with van der Waals surface area (Å²) in [6, 6.07) is 0.357.